The van der Waals surface area contributed by atoms with Crippen LogP contribution in [0.3, 0.4) is 0 Å². The fraction of sp³-hybridized carbons (Fsp3) is 0.147. The smallest absolute Gasteiger partial charge is 0.0490 e. The molecule has 0 heterocycles. The third kappa shape index (κ3) is 7.88. The molecule has 0 aliphatic rings. The molecule has 0 radical (unpaired) electrons. The van der Waals surface area contributed by atoms with Gasteiger partial charge in [0.1, 0.15) is 0 Å². The van der Waals surface area contributed by atoms with E-state index in [0.29, 0.717) is 11.8 Å². The molecule has 11 rings (SSSR count). The van der Waals surface area contributed by atoms with Crippen molar-refractivity contribution >= 4 is 77.2 Å². The van der Waals surface area contributed by atoms with E-state index in [9.17, 15) is 0 Å². The summed E-state index contributed by atoms with van der Waals surface area (Å²) in [6.45, 7) is 17.8. The minimum Gasteiger partial charge on any atom is -0.310 e. The van der Waals surface area contributed by atoms with E-state index in [2.05, 4.69) is 271 Å². The van der Waals surface area contributed by atoms with Gasteiger partial charge in [-0.05, 0) is 188 Å². The Labute approximate surface area is 414 Å². The van der Waals surface area contributed by atoms with Gasteiger partial charge in [-0.1, -0.05) is 184 Å². The number of benzene rings is 11. The van der Waals surface area contributed by atoms with E-state index in [1.807, 2.05) is 0 Å². The third-order valence-corrected chi connectivity index (χ3v) is 14.5. The quantitative estimate of drug-likeness (QED) is 0.0997. The second kappa shape index (κ2) is 18.2. The minimum absolute atomic E-state index is 0.461. The molecule has 0 fully saturated rings. The molecule has 70 heavy (non-hydrogen) atoms. The van der Waals surface area contributed by atoms with Gasteiger partial charge in [-0.2, -0.15) is 0 Å². The Hall–Kier alpha value is -7.94. The van der Waals surface area contributed by atoms with Gasteiger partial charge in [0.15, 0.2) is 0 Å². The monoisotopic (exact) mass is 904 g/mol. The predicted molar refractivity (Wildman–Crippen MR) is 304 cm³/mol. The van der Waals surface area contributed by atoms with E-state index < -0.39 is 0 Å². The standard InChI is InChI=1S/C68H60N2/c1-43(2)49-23-31-53(32-24-49)69(63-39-21-45(5)41-47(63)7)55-35-27-51(28-36-55)65-61-19-13-14-20-62(61)66(68-60-18-12-10-16-58(60)57-15-9-11-17-59(57)67(65)68)52-29-37-56(38-30-52)70(64-40-22-46(6)42-48(64)8)54-33-25-50(26-34-54)44(3)4/h9-44H,1-8H3. The topological polar surface area (TPSA) is 6.48 Å². The molecule has 0 N–H and O–H groups in total. The Morgan fingerprint density at radius 3 is 0.914 bits per heavy atom. The highest BCUT2D eigenvalue weighted by Gasteiger charge is 2.24. The van der Waals surface area contributed by atoms with E-state index >= 15 is 0 Å². The van der Waals surface area contributed by atoms with Crippen LogP contribution in [0.5, 0.6) is 0 Å². The largest absolute Gasteiger partial charge is 0.310 e. The first-order valence-electron chi connectivity index (χ1n) is 25.0. The number of aryl methyl sites for hydroxylation is 4. The molecule has 342 valence electrons. The first kappa shape index (κ1) is 44.6. The molecule has 11 aromatic carbocycles. The molecule has 2 nitrogen and oxygen atoms in total. The summed E-state index contributed by atoms with van der Waals surface area (Å²) >= 11 is 0. The second-order valence-electron chi connectivity index (χ2n) is 20.0. The van der Waals surface area contributed by atoms with E-state index in [4.69, 9.17) is 0 Å². The third-order valence-electron chi connectivity index (χ3n) is 14.5. The number of hydrogen-bond acceptors (Lipinski definition) is 2. The zero-order valence-electron chi connectivity index (χ0n) is 41.7. The summed E-state index contributed by atoms with van der Waals surface area (Å²) in [4.78, 5) is 4.83. The van der Waals surface area contributed by atoms with Crippen molar-refractivity contribution < 1.29 is 0 Å². The molecule has 2 heteroatoms. The van der Waals surface area contributed by atoms with Crippen molar-refractivity contribution in [2.75, 3.05) is 9.80 Å². The Balaban J connectivity index is 1.13. The lowest BCUT2D eigenvalue weighted by molar-refractivity contribution is 0.866. The van der Waals surface area contributed by atoms with Crippen LogP contribution in [-0.2, 0) is 0 Å². The maximum Gasteiger partial charge on any atom is 0.0490 e. The summed E-state index contributed by atoms with van der Waals surface area (Å²) in [6, 6.07) is 77.6. The molecule has 0 atom stereocenters. The van der Waals surface area contributed by atoms with Gasteiger partial charge in [0, 0.05) is 34.1 Å². The number of anilines is 6. The van der Waals surface area contributed by atoms with Crippen molar-refractivity contribution in [3.8, 4) is 22.3 Å². The molecule has 0 spiro atoms. The zero-order valence-corrected chi connectivity index (χ0v) is 41.7. The van der Waals surface area contributed by atoms with Crippen LogP contribution in [0.1, 0.15) is 72.9 Å². The van der Waals surface area contributed by atoms with Gasteiger partial charge in [-0.25, -0.2) is 0 Å². The molecular formula is C68H60N2. The average molecular weight is 905 g/mol. The van der Waals surface area contributed by atoms with Crippen molar-refractivity contribution in [1.29, 1.82) is 0 Å². The maximum absolute atomic E-state index is 2.41. The number of hydrogen-bond donors (Lipinski definition) is 0. The zero-order chi connectivity index (χ0) is 48.2. The fourth-order valence-corrected chi connectivity index (χ4v) is 11.0. The normalized spacial score (nSPS) is 11.7. The molecule has 0 saturated carbocycles. The Morgan fingerprint density at radius 1 is 0.300 bits per heavy atom. The van der Waals surface area contributed by atoms with Crippen LogP contribution in [-0.4, -0.2) is 0 Å². The van der Waals surface area contributed by atoms with E-state index in [1.54, 1.807) is 0 Å². The van der Waals surface area contributed by atoms with Crippen LogP contribution in [0, 0.1) is 27.7 Å². The van der Waals surface area contributed by atoms with Gasteiger partial charge in [0.25, 0.3) is 0 Å². The summed E-state index contributed by atoms with van der Waals surface area (Å²) in [5.41, 5.74) is 19.5. The molecule has 0 amide bonds. The SMILES string of the molecule is Cc1ccc(N(c2ccc(-c3c4ccccc4c(-c4ccc(N(c5ccc(C(C)C)cc5)c5ccc(C)cc5C)cc4)c4c5ccccc5c5ccccc5c34)cc2)c2ccc(C(C)C)cc2)c(C)c1. The second-order valence-corrected chi connectivity index (χ2v) is 20.0. The molecule has 0 aliphatic heterocycles. The maximum atomic E-state index is 2.41. The number of nitrogens with zero attached hydrogens (tertiary/aromatic N) is 2. The minimum atomic E-state index is 0.461. The number of rotatable bonds is 10. The van der Waals surface area contributed by atoms with Crippen LogP contribution >= 0.6 is 0 Å². The Kier molecular flexibility index (Phi) is 11.6. The lowest BCUT2D eigenvalue weighted by Gasteiger charge is -2.28. The summed E-state index contributed by atoms with van der Waals surface area (Å²) in [5, 5.41) is 10.1. The van der Waals surface area contributed by atoms with Crippen LogP contribution in [0.2, 0.25) is 0 Å². The van der Waals surface area contributed by atoms with Crippen molar-refractivity contribution in [2.24, 2.45) is 0 Å². The molecule has 0 aromatic heterocycles. The van der Waals surface area contributed by atoms with Crippen molar-refractivity contribution in [3.63, 3.8) is 0 Å². The van der Waals surface area contributed by atoms with E-state index in [1.165, 1.54) is 110 Å². The van der Waals surface area contributed by atoms with Gasteiger partial charge in [0.2, 0.25) is 0 Å². The average Bonchev–Trinajstić information content (AvgIpc) is 3.38. The van der Waals surface area contributed by atoms with Crippen molar-refractivity contribution in [1.82, 2.24) is 0 Å². The number of fused-ring (bicyclic) bond motifs is 7. The van der Waals surface area contributed by atoms with E-state index in [-0.39, 0.29) is 0 Å². The summed E-state index contributed by atoms with van der Waals surface area (Å²) in [7, 11) is 0. The van der Waals surface area contributed by atoms with Crippen LogP contribution in [0.4, 0.5) is 34.1 Å². The van der Waals surface area contributed by atoms with Gasteiger partial charge >= 0.3 is 0 Å². The Morgan fingerprint density at radius 2 is 0.600 bits per heavy atom. The highest BCUT2D eigenvalue weighted by Crippen LogP contribution is 2.51. The van der Waals surface area contributed by atoms with Crippen molar-refractivity contribution in [3.05, 3.63) is 240 Å². The van der Waals surface area contributed by atoms with Crippen molar-refractivity contribution in [2.45, 2.75) is 67.2 Å². The Bertz CT molecular complexity index is 3480. The van der Waals surface area contributed by atoms with E-state index in [0.717, 1.165) is 22.7 Å². The predicted octanol–water partition coefficient (Wildman–Crippen LogP) is 20.1. The molecule has 0 unspecified atom stereocenters. The lowest BCUT2D eigenvalue weighted by atomic mass is 9.81. The van der Waals surface area contributed by atoms with Crippen LogP contribution in [0.25, 0.3) is 65.3 Å². The first-order valence-corrected chi connectivity index (χ1v) is 25.0. The van der Waals surface area contributed by atoms with Gasteiger partial charge in [0.05, 0.1) is 0 Å². The molecule has 0 saturated heterocycles. The van der Waals surface area contributed by atoms with Gasteiger partial charge in [-0.15, -0.1) is 0 Å². The highest BCUT2D eigenvalue weighted by atomic mass is 15.1. The molecule has 0 aliphatic carbocycles. The lowest BCUT2D eigenvalue weighted by Crippen LogP contribution is -2.11. The molecule has 0 bridgehead atoms. The summed E-state index contributed by atoms with van der Waals surface area (Å²) < 4.78 is 0. The first-order chi connectivity index (χ1) is 34.0. The van der Waals surface area contributed by atoms with Crippen LogP contribution < -0.4 is 9.80 Å². The fourth-order valence-electron chi connectivity index (χ4n) is 11.0. The van der Waals surface area contributed by atoms with Gasteiger partial charge < -0.3 is 9.80 Å². The van der Waals surface area contributed by atoms with Crippen LogP contribution in [0.15, 0.2) is 206 Å². The highest BCUT2D eigenvalue weighted by molar-refractivity contribution is 6.36. The van der Waals surface area contributed by atoms with Gasteiger partial charge in [-0.3, -0.25) is 0 Å². The summed E-state index contributed by atoms with van der Waals surface area (Å²) in [5.74, 6) is 0.923. The molecule has 11 aromatic rings. The molecular weight excluding hydrogens is 845 g/mol. The summed E-state index contributed by atoms with van der Waals surface area (Å²) in [6.07, 6.45) is 0.